The van der Waals surface area contributed by atoms with Crippen LogP contribution in [-0.4, -0.2) is 86.1 Å². The number of rotatable bonds is 7. The van der Waals surface area contributed by atoms with Crippen LogP contribution < -0.4 is 51.4 Å². The Balaban J connectivity index is 0.00000576. The van der Waals surface area contributed by atoms with E-state index in [-0.39, 0.29) is 62.8 Å². The van der Waals surface area contributed by atoms with Crippen LogP contribution in [0.25, 0.3) is 0 Å². The molecule has 0 aliphatic carbocycles. The van der Waals surface area contributed by atoms with Crippen LogP contribution >= 0.6 is 11.8 Å². The van der Waals surface area contributed by atoms with Crippen molar-refractivity contribution < 1.29 is 98.9 Å². The Bertz CT molecular complexity index is 557. The van der Waals surface area contributed by atoms with Gasteiger partial charge in [0.05, 0.1) is 12.7 Å². The molecule has 0 spiro atoms. The van der Waals surface area contributed by atoms with Crippen molar-refractivity contribution in [1.29, 1.82) is 0 Å². The maximum Gasteiger partial charge on any atom is 1.00 e. The molecule has 1 aliphatic rings. The SMILES string of the molecule is C=C[C@H](O)C/C(=N\OS(=O)(=O)[O-])S[C@@H]1O[C@H](CO)[C@@H](O)[C@H](O)[C@H]1O.[K+]. The summed E-state index contributed by atoms with van der Waals surface area (Å²) in [5.74, 6) is 0. The van der Waals surface area contributed by atoms with Crippen molar-refractivity contribution in [2.24, 2.45) is 5.16 Å². The normalized spacial score (nSPS) is 31.8. The van der Waals surface area contributed by atoms with E-state index in [1.807, 2.05) is 0 Å². The number of hydrogen-bond acceptors (Lipinski definition) is 12. The molecule has 0 amide bonds. The number of aliphatic hydroxyl groups excluding tert-OH is 5. The van der Waals surface area contributed by atoms with Crippen LogP contribution in [0.2, 0.25) is 0 Å². The standard InChI is InChI=1S/C11H19NO10S2.K/c1-2-5(14)3-7(12-22-24(18,19)20)23-11-10(17)9(16)8(15)6(4-13)21-11;/h2,5-6,8-11,13-17H,1,3-4H2,(H,18,19,20);/q;+1/p-1/b12-7+;/t5-,6+,8+,9-,10+,11-;/m0./s1. The number of nitrogens with zero attached hydrogens (tertiary/aromatic N) is 1. The first kappa shape index (κ1) is 25.9. The van der Waals surface area contributed by atoms with Gasteiger partial charge in [-0.05, 0) is 0 Å². The van der Waals surface area contributed by atoms with E-state index in [4.69, 9.17) is 9.84 Å². The van der Waals surface area contributed by atoms with Gasteiger partial charge in [-0.3, -0.25) is 4.28 Å². The summed E-state index contributed by atoms with van der Waals surface area (Å²) in [4.78, 5) is 0. The minimum atomic E-state index is -5.14. The summed E-state index contributed by atoms with van der Waals surface area (Å²) >= 11 is 0.542. The third-order valence-corrected chi connectivity index (χ3v) is 4.38. The molecule has 1 fully saturated rings. The minimum Gasteiger partial charge on any atom is -0.714 e. The van der Waals surface area contributed by atoms with E-state index in [0.29, 0.717) is 11.8 Å². The van der Waals surface area contributed by atoms with E-state index in [9.17, 15) is 33.4 Å². The molecule has 14 heteroatoms. The first-order valence-electron chi connectivity index (χ1n) is 6.58. The first-order chi connectivity index (χ1) is 11.1. The zero-order chi connectivity index (χ0) is 18.5. The van der Waals surface area contributed by atoms with Crippen LogP contribution in [0, 0.1) is 0 Å². The summed E-state index contributed by atoms with van der Waals surface area (Å²) in [7, 11) is -5.14. The molecule has 140 valence electrons. The van der Waals surface area contributed by atoms with Crippen molar-refractivity contribution in [3.05, 3.63) is 12.7 Å². The van der Waals surface area contributed by atoms with Crippen molar-refractivity contribution in [3.8, 4) is 0 Å². The molecule has 25 heavy (non-hydrogen) atoms. The van der Waals surface area contributed by atoms with Crippen LogP contribution in [0.3, 0.4) is 0 Å². The third-order valence-electron chi connectivity index (χ3n) is 2.99. The van der Waals surface area contributed by atoms with Gasteiger partial charge in [0, 0.05) is 6.42 Å². The van der Waals surface area contributed by atoms with Crippen molar-refractivity contribution in [1.82, 2.24) is 0 Å². The molecule has 0 aromatic rings. The molecule has 1 aliphatic heterocycles. The van der Waals surface area contributed by atoms with Crippen molar-refractivity contribution in [3.63, 3.8) is 0 Å². The van der Waals surface area contributed by atoms with Gasteiger partial charge in [0.2, 0.25) is 0 Å². The number of thioether (sulfide) groups is 1. The molecular formula is C11H18KNO10S2. The number of aliphatic hydroxyl groups is 5. The quantitative estimate of drug-likeness (QED) is 0.0495. The van der Waals surface area contributed by atoms with Crippen LogP contribution in [0.1, 0.15) is 6.42 Å². The molecular weight excluding hydrogens is 409 g/mol. The van der Waals surface area contributed by atoms with Gasteiger partial charge in [-0.1, -0.05) is 23.0 Å². The Morgan fingerprint density at radius 2 is 1.96 bits per heavy atom. The molecule has 1 rings (SSSR count). The average molecular weight is 427 g/mol. The van der Waals surface area contributed by atoms with E-state index in [0.717, 1.165) is 6.08 Å². The maximum absolute atomic E-state index is 10.5. The van der Waals surface area contributed by atoms with Gasteiger partial charge in [0.15, 0.2) is 0 Å². The van der Waals surface area contributed by atoms with Gasteiger partial charge >= 0.3 is 51.4 Å². The van der Waals surface area contributed by atoms with E-state index in [2.05, 4.69) is 16.0 Å². The second-order valence-electron chi connectivity index (χ2n) is 4.79. The van der Waals surface area contributed by atoms with E-state index in [1.165, 1.54) is 0 Å². The molecule has 0 aromatic heterocycles. The summed E-state index contributed by atoms with van der Waals surface area (Å²) in [6.45, 7) is 2.65. The van der Waals surface area contributed by atoms with E-state index >= 15 is 0 Å². The maximum atomic E-state index is 10.5. The molecule has 0 radical (unpaired) electrons. The largest absolute Gasteiger partial charge is 1.00 e. The fourth-order valence-corrected chi connectivity index (χ4v) is 3.10. The molecule has 1 saturated heterocycles. The average Bonchev–Trinajstić information content (AvgIpc) is 2.52. The van der Waals surface area contributed by atoms with Crippen LogP contribution in [-0.2, 0) is 19.4 Å². The molecule has 0 bridgehead atoms. The Kier molecular flexibility index (Phi) is 12.1. The topological polar surface area (TPSA) is 189 Å². The van der Waals surface area contributed by atoms with Crippen molar-refractivity contribution in [2.45, 2.75) is 42.4 Å². The molecule has 5 N–H and O–H groups in total. The summed E-state index contributed by atoms with van der Waals surface area (Å²) in [6.07, 6.45) is -6.41. The van der Waals surface area contributed by atoms with E-state index < -0.39 is 53.0 Å². The Morgan fingerprint density at radius 3 is 2.44 bits per heavy atom. The molecule has 11 nitrogen and oxygen atoms in total. The van der Waals surface area contributed by atoms with Crippen LogP contribution in [0.15, 0.2) is 17.8 Å². The predicted octanol–water partition coefficient (Wildman–Crippen LogP) is -5.75. The number of ether oxygens (including phenoxy) is 1. The Labute approximate surface area is 191 Å². The van der Waals surface area contributed by atoms with Gasteiger partial charge in [-0.15, -0.1) is 6.58 Å². The Morgan fingerprint density at radius 1 is 1.36 bits per heavy atom. The first-order valence-corrected chi connectivity index (χ1v) is 8.79. The predicted molar refractivity (Wildman–Crippen MR) is 80.4 cm³/mol. The molecule has 0 saturated carbocycles. The summed E-state index contributed by atoms with van der Waals surface area (Å²) in [6, 6.07) is 0. The fourth-order valence-electron chi connectivity index (χ4n) is 1.76. The van der Waals surface area contributed by atoms with Gasteiger partial charge in [-0.2, -0.15) is 8.42 Å². The third kappa shape index (κ3) is 8.61. The Hall–Kier alpha value is 0.866. The summed E-state index contributed by atoms with van der Waals surface area (Å²) in [5.41, 5.74) is -1.28. The molecule has 0 aromatic carbocycles. The van der Waals surface area contributed by atoms with Crippen LogP contribution in [0.5, 0.6) is 0 Å². The van der Waals surface area contributed by atoms with Crippen molar-refractivity contribution in [2.75, 3.05) is 6.61 Å². The summed E-state index contributed by atoms with van der Waals surface area (Å²) in [5, 5.41) is 50.7. The smallest absolute Gasteiger partial charge is 0.714 e. The molecule has 0 unspecified atom stereocenters. The van der Waals surface area contributed by atoms with Gasteiger partial charge < -0.3 is 34.8 Å². The molecule has 6 atom stereocenters. The summed E-state index contributed by atoms with van der Waals surface area (Å²) < 4.78 is 40.4. The second kappa shape index (κ2) is 11.7. The number of oxime groups is 1. The second-order valence-corrected chi connectivity index (χ2v) is 6.93. The van der Waals surface area contributed by atoms with Gasteiger partial charge in [-0.25, -0.2) is 0 Å². The van der Waals surface area contributed by atoms with Gasteiger partial charge in [0.1, 0.15) is 34.9 Å². The zero-order valence-corrected chi connectivity index (χ0v) is 18.0. The zero-order valence-electron chi connectivity index (χ0n) is 13.2. The van der Waals surface area contributed by atoms with Crippen LogP contribution in [0.4, 0.5) is 0 Å². The fraction of sp³-hybridized carbons (Fsp3) is 0.727. The van der Waals surface area contributed by atoms with E-state index in [1.54, 1.807) is 0 Å². The van der Waals surface area contributed by atoms with Crippen molar-refractivity contribution >= 4 is 27.2 Å². The minimum absolute atomic E-state index is 0. The number of hydrogen-bond donors (Lipinski definition) is 5. The van der Waals surface area contributed by atoms with Gasteiger partial charge in [0.25, 0.3) is 10.4 Å². The molecule has 1 heterocycles. The monoisotopic (exact) mass is 427 g/mol.